The van der Waals surface area contributed by atoms with Gasteiger partial charge in [0.25, 0.3) is 5.91 Å². The van der Waals surface area contributed by atoms with Gasteiger partial charge in [-0.2, -0.15) is 0 Å². The molecule has 0 radical (unpaired) electrons. The van der Waals surface area contributed by atoms with Gasteiger partial charge in [-0.3, -0.25) is 9.10 Å². The number of methoxy groups -OCH3 is 1. The van der Waals surface area contributed by atoms with E-state index in [1.165, 1.54) is 11.4 Å². The highest BCUT2D eigenvalue weighted by Crippen LogP contribution is 2.25. The van der Waals surface area contributed by atoms with Crippen molar-refractivity contribution in [2.45, 2.75) is 6.42 Å². The fraction of sp³-hybridized carbons (Fsp3) is 0.263. The van der Waals surface area contributed by atoms with Gasteiger partial charge < -0.3 is 14.8 Å². The van der Waals surface area contributed by atoms with E-state index in [4.69, 9.17) is 4.74 Å². The van der Waals surface area contributed by atoms with Crippen molar-refractivity contribution >= 4 is 33.3 Å². The number of esters is 1. The first-order valence-electron chi connectivity index (χ1n) is 8.60. The number of carbonyl (C=O) groups excluding carboxylic acids is 2. The lowest BCUT2D eigenvalue weighted by molar-refractivity contribution is -0.142. The van der Waals surface area contributed by atoms with Crippen LogP contribution in [0.25, 0.3) is 0 Å². The molecule has 1 N–H and O–H groups in total. The molecule has 9 heteroatoms. The number of carbonyl (C=O) groups is 2. The molecular weight excluding hydrogens is 384 g/mol. The number of ether oxygens (including phenoxy) is 2. The Bertz CT molecular complexity index is 989. The smallest absolute Gasteiger partial charge is 0.343 e. The average Bonchev–Trinajstić information content (AvgIpc) is 3.05. The van der Waals surface area contributed by atoms with Gasteiger partial charge in [-0.15, -0.1) is 0 Å². The lowest BCUT2D eigenvalue weighted by Crippen LogP contribution is -2.25. The Hall–Kier alpha value is -3.07. The fourth-order valence-electron chi connectivity index (χ4n) is 2.80. The summed E-state index contributed by atoms with van der Waals surface area (Å²) >= 11 is 0. The van der Waals surface area contributed by atoms with Crippen LogP contribution in [0.3, 0.4) is 0 Å². The highest BCUT2D eigenvalue weighted by atomic mass is 32.2. The van der Waals surface area contributed by atoms with Crippen molar-refractivity contribution in [1.29, 1.82) is 0 Å². The van der Waals surface area contributed by atoms with Gasteiger partial charge in [-0.25, -0.2) is 13.2 Å². The molecule has 1 aliphatic heterocycles. The third kappa shape index (κ3) is 4.61. The SMILES string of the molecule is COC(=O)COc1cccc(NC(=O)c2cccc(N3CCCS3(=O)=O)c2)c1. The van der Waals surface area contributed by atoms with Crippen molar-refractivity contribution in [2.24, 2.45) is 0 Å². The number of hydrogen-bond donors (Lipinski definition) is 1. The van der Waals surface area contributed by atoms with Crippen LogP contribution in [0.2, 0.25) is 0 Å². The van der Waals surface area contributed by atoms with Crippen LogP contribution in [-0.4, -0.2) is 46.3 Å². The first-order chi connectivity index (χ1) is 13.4. The van der Waals surface area contributed by atoms with Gasteiger partial charge in [0.05, 0.1) is 18.6 Å². The van der Waals surface area contributed by atoms with Gasteiger partial charge >= 0.3 is 5.97 Å². The first-order valence-corrected chi connectivity index (χ1v) is 10.2. The molecule has 0 aliphatic carbocycles. The summed E-state index contributed by atoms with van der Waals surface area (Å²) < 4.78 is 35.3. The molecule has 148 valence electrons. The zero-order chi connectivity index (χ0) is 20.1. The number of hydrogen-bond acceptors (Lipinski definition) is 6. The number of anilines is 2. The monoisotopic (exact) mass is 404 g/mol. The summed E-state index contributed by atoms with van der Waals surface area (Å²) in [6, 6.07) is 13.1. The Morgan fingerprint density at radius 3 is 2.64 bits per heavy atom. The minimum atomic E-state index is -3.32. The Balaban J connectivity index is 1.72. The van der Waals surface area contributed by atoms with E-state index in [1.807, 2.05) is 0 Å². The second kappa shape index (κ2) is 8.30. The molecule has 28 heavy (non-hydrogen) atoms. The van der Waals surface area contributed by atoms with Crippen molar-refractivity contribution in [3.63, 3.8) is 0 Å². The molecule has 1 fully saturated rings. The van der Waals surface area contributed by atoms with Crippen LogP contribution in [0.15, 0.2) is 48.5 Å². The maximum Gasteiger partial charge on any atom is 0.343 e. The van der Waals surface area contributed by atoms with Gasteiger partial charge in [-0.05, 0) is 36.8 Å². The second-order valence-corrected chi connectivity index (χ2v) is 8.15. The van der Waals surface area contributed by atoms with Crippen molar-refractivity contribution in [3.8, 4) is 5.75 Å². The lowest BCUT2D eigenvalue weighted by atomic mass is 10.1. The lowest BCUT2D eigenvalue weighted by Gasteiger charge is -2.17. The molecule has 0 saturated carbocycles. The minimum absolute atomic E-state index is 0.113. The van der Waals surface area contributed by atoms with E-state index in [9.17, 15) is 18.0 Å². The van der Waals surface area contributed by atoms with E-state index in [1.54, 1.807) is 48.5 Å². The number of benzene rings is 2. The topological polar surface area (TPSA) is 102 Å². The van der Waals surface area contributed by atoms with Crippen LogP contribution in [0.1, 0.15) is 16.8 Å². The molecule has 1 saturated heterocycles. The van der Waals surface area contributed by atoms with Crippen LogP contribution in [-0.2, 0) is 19.6 Å². The predicted molar refractivity (Wildman–Crippen MR) is 104 cm³/mol. The normalized spacial score (nSPS) is 15.1. The van der Waals surface area contributed by atoms with Crippen LogP contribution in [0.5, 0.6) is 5.75 Å². The summed E-state index contributed by atoms with van der Waals surface area (Å²) in [6.45, 7) is 0.174. The quantitative estimate of drug-likeness (QED) is 0.739. The van der Waals surface area contributed by atoms with E-state index in [2.05, 4.69) is 10.1 Å². The van der Waals surface area contributed by atoms with E-state index in [0.717, 1.165) is 0 Å². The summed E-state index contributed by atoms with van der Waals surface area (Å²) in [5, 5.41) is 2.74. The van der Waals surface area contributed by atoms with Crippen molar-refractivity contribution < 1.29 is 27.5 Å². The third-order valence-electron chi connectivity index (χ3n) is 4.17. The summed E-state index contributed by atoms with van der Waals surface area (Å²) in [6.07, 6.45) is 0.567. The predicted octanol–water partition coefficient (Wildman–Crippen LogP) is 2.03. The molecule has 0 aromatic heterocycles. The maximum atomic E-state index is 12.6. The van der Waals surface area contributed by atoms with E-state index in [0.29, 0.717) is 35.7 Å². The van der Waals surface area contributed by atoms with E-state index in [-0.39, 0.29) is 18.3 Å². The van der Waals surface area contributed by atoms with Gasteiger partial charge in [0, 0.05) is 23.9 Å². The second-order valence-electron chi connectivity index (χ2n) is 6.14. The minimum Gasteiger partial charge on any atom is -0.482 e. The number of nitrogens with zero attached hydrogens (tertiary/aromatic N) is 1. The standard InChI is InChI=1S/C19H20N2O6S/c1-26-18(22)13-27-17-8-3-6-15(12-17)20-19(23)14-5-2-7-16(11-14)21-9-4-10-28(21,24)25/h2-3,5-8,11-12H,4,9-10,13H2,1H3,(H,20,23). The summed E-state index contributed by atoms with van der Waals surface area (Å²) in [5.41, 5.74) is 1.28. The Kier molecular flexibility index (Phi) is 5.84. The van der Waals surface area contributed by atoms with Crippen molar-refractivity contribution in [3.05, 3.63) is 54.1 Å². The summed E-state index contributed by atoms with van der Waals surface area (Å²) in [5.74, 6) is -0.381. The number of rotatable bonds is 6. The Labute approximate surface area is 163 Å². The van der Waals surface area contributed by atoms with Gasteiger partial charge in [0.15, 0.2) is 6.61 Å². The highest BCUT2D eigenvalue weighted by molar-refractivity contribution is 7.93. The molecule has 0 unspecified atom stereocenters. The third-order valence-corrected chi connectivity index (χ3v) is 6.04. The van der Waals surface area contributed by atoms with Crippen molar-refractivity contribution in [2.75, 3.05) is 35.6 Å². The molecule has 1 heterocycles. The highest BCUT2D eigenvalue weighted by Gasteiger charge is 2.28. The molecule has 0 atom stereocenters. The molecule has 3 rings (SSSR count). The molecule has 2 aromatic carbocycles. The summed E-state index contributed by atoms with van der Waals surface area (Å²) in [4.78, 5) is 23.7. The van der Waals surface area contributed by atoms with Crippen molar-refractivity contribution in [1.82, 2.24) is 0 Å². The molecule has 2 aromatic rings. The van der Waals surface area contributed by atoms with E-state index < -0.39 is 16.0 Å². The van der Waals surface area contributed by atoms with E-state index >= 15 is 0 Å². The molecule has 0 spiro atoms. The number of sulfonamides is 1. The van der Waals surface area contributed by atoms with Crippen LogP contribution < -0.4 is 14.4 Å². The van der Waals surface area contributed by atoms with Crippen LogP contribution in [0, 0.1) is 0 Å². The summed E-state index contributed by atoms with van der Waals surface area (Å²) in [7, 11) is -2.05. The molecule has 1 amide bonds. The average molecular weight is 404 g/mol. The Morgan fingerprint density at radius 2 is 1.93 bits per heavy atom. The van der Waals surface area contributed by atoms with Crippen LogP contribution in [0.4, 0.5) is 11.4 Å². The number of amides is 1. The maximum absolute atomic E-state index is 12.6. The zero-order valence-corrected chi connectivity index (χ0v) is 16.1. The molecule has 0 bridgehead atoms. The van der Waals surface area contributed by atoms with Gasteiger partial charge in [0.1, 0.15) is 5.75 Å². The Morgan fingerprint density at radius 1 is 1.14 bits per heavy atom. The van der Waals surface area contributed by atoms with Crippen LogP contribution >= 0.6 is 0 Å². The fourth-order valence-corrected chi connectivity index (χ4v) is 4.36. The molecule has 1 aliphatic rings. The number of nitrogens with one attached hydrogen (secondary N) is 1. The first kappa shape index (κ1) is 19.7. The molecular formula is C19H20N2O6S. The zero-order valence-electron chi connectivity index (χ0n) is 15.3. The van der Waals surface area contributed by atoms with Gasteiger partial charge in [-0.1, -0.05) is 12.1 Å². The van der Waals surface area contributed by atoms with Gasteiger partial charge in [0.2, 0.25) is 10.0 Å². The molecule has 8 nitrogen and oxygen atoms in total. The largest absolute Gasteiger partial charge is 0.482 e.